The van der Waals surface area contributed by atoms with E-state index < -0.39 is 26.7 Å². The zero-order valence-electron chi connectivity index (χ0n) is 15.5. The highest BCUT2D eigenvalue weighted by atomic mass is 32.2. The smallest absolute Gasteiger partial charge is 0.289 e. The number of Topliss-reactive ketones (excluding diaryl/α,β-unsaturated/α-hetero) is 1. The lowest BCUT2D eigenvalue weighted by atomic mass is 9.96. The third-order valence-corrected chi connectivity index (χ3v) is 6.73. The predicted octanol–water partition coefficient (Wildman–Crippen LogP) is 3.55. The molecule has 1 heterocycles. The maximum atomic E-state index is 13.4. The zero-order valence-corrected chi connectivity index (χ0v) is 16.3. The average Bonchev–Trinajstić information content (AvgIpc) is 2.68. The summed E-state index contributed by atoms with van der Waals surface area (Å²) >= 11 is 0. The van der Waals surface area contributed by atoms with E-state index in [2.05, 4.69) is 0 Å². The maximum absolute atomic E-state index is 13.4. The highest BCUT2D eigenvalue weighted by molar-refractivity contribution is 7.89. The summed E-state index contributed by atoms with van der Waals surface area (Å²) in [7, 11) is -4.21. The fraction of sp³-hybridized carbons (Fsp3) is 0.250. The number of aryl methyl sites for hydroxylation is 1. The van der Waals surface area contributed by atoms with Crippen LogP contribution in [0, 0.1) is 17.0 Å². The maximum Gasteiger partial charge on any atom is 0.289 e. The number of nitro groups is 1. The van der Waals surface area contributed by atoms with Crippen molar-refractivity contribution in [2.75, 3.05) is 6.54 Å². The van der Waals surface area contributed by atoms with Gasteiger partial charge < -0.3 is 0 Å². The molecule has 0 saturated carbocycles. The Labute approximate surface area is 163 Å². The lowest BCUT2D eigenvalue weighted by Crippen LogP contribution is -2.39. The molecule has 8 heteroatoms. The zero-order chi connectivity index (χ0) is 20.5. The Morgan fingerprint density at radius 2 is 1.79 bits per heavy atom. The average molecular weight is 400 g/mol. The van der Waals surface area contributed by atoms with Crippen LogP contribution < -0.4 is 0 Å². The molecule has 0 radical (unpaired) electrons. The SMILES string of the molecule is CC(=O)C1=CC[C@@H](c2ccc(C)cc2)N(S(=O)(=O)c2ccccc2[N+](=O)[O-])C1. The van der Waals surface area contributed by atoms with E-state index in [0.717, 1.165) is 11.1 Å². The number of hydrogen-bond donors (Lipinski definition) is 0. The molecule has 0 aliphatic carbocycles. The van der Waals surface area contributed by atoms with Crippen molar-refractivity contribution >= 4 is 21.5 Å². The summed E-state index contributed by atoms with van der Waals surface area (Å²) in [6.07, 6.45) is 2.07. The molecule has 0 saturated heterocycles. The second-order valence-corrected chi connectivity index (χ2v) is 8.58. The molecular weight excluding hydrogens is 380 g/mol. The van der Waals surface area contributed by atoms with E-state index in [9.17, 15) is 23.3 Å². The highest BCUT2D eigenvalue weighted by Crippen LogP contribution is 2.37. The lowest BCUT2D eigenvalue weighted by molar-refractivity contribution is -0.387. The first-order chi connectivity index (χ1) is 13.2. The molecule has 2 aromatic rings. The molecule has 0 unspecified atom stereocenters. The van der Waals surface area contributed by atoms with Gasteiger partial charge in [-0.3, -0.25) is 14.9 Å². The quantitative estimate of drug-likeness (QED) is 0.565. The second kappa shape index (κ2) is 7.65. The Kier molecular flexibility index (Phi) is 5.44. The van der Waals surface area contributed by atoms with Crippen LogP contribution in [0.25, 0.3) is 0 Å². The van der Waals surface area contributed by atoms with Crippen LogP contribution in [-0.2, 0) is 14.8 Å². The fourth-order valence-electron chi connectivity index (χ4n) is 3.27. The summed E-state index contributed by atoms with van der Waals surface area (Å²) in [5.74, 6) is -0.217. The van der Waals surface area contributed by atoms with Gasteiger partial charge in [-0.25, -0.2) is 8.42 Å². The fourth-order valence-corrected chi connectivity index (χ4v) is 5.03. The Hall–Kier alpha value is -2.84. The Bertz CT molecular complexity index is 1060. The summed E-state index contributed by atoms with van der Waals surface area (Å²) in [6.45, 7) is 3.19. The van der Waals surface area contributed by atoms with E-state index in [1.807, 2.05) is 31.2 Å². The van der Waals surface area contributed by atoms with E-state index >= 15 is 0 Å². The second-order valence-electron chi connectivity index (χ2n) is 6.72. The van der Waals surface area contributed by atoms with Crippen molar-refractivity contribution in [1.29, 1.82) is 0 Å². The molecule has 0 spiro atoms. The first-order valence-corrected chi connectivity index (χ1v) is 10.2. The minimum atomic E-state index is -4.21. The monoisotopic (exact) mass is 400 g/mol. The standard InChI is InChI=1S/C20H20N2O5S/c1-14-7-9-16(10-8-14)18-12-11-17(15(2)23)13-21(18)28(26,27)20-6-4-3-5-19(20)22(24)25/h3-11,18H,12-13H2,1-2H3/t18-/m0/s1. The van der Waals surface area contributed by atoms with Crippen LogP contribution in [0.15, 0.2) is 65.1 Å². The van der Waals surface area contributed by atoms with Crippen molar-refractivity contribution in [2.24, 2.45) is 0 Å². The Morgan fingerprint density at radius 1 is 1.14 bits per heavy atom. The Morgan fingerprint density at radius 3 is 2.39 bits per heavy atom. The van der Waals surface area contributed by atoms with Gasteiger partial charge in [-0.1, -0.05) is 48.0 Å². The molecule has 1 atom stereocenters. The van der Waals surface area contributed by atoms with Gasteiger partial charge >= 0.3 is 0 Å². The number of nitrogens with zero attached hydrogens (tertiary/aromatic N) is 2. The number of para-hydroxylation sites is 1. The normalized spacial score (nSPS) is 17.8. The van der Waals surface area contributed by atoms with Crippen LogP contribution in [0.3, 0.4) is 0 Å². The first-order valence-electron chi connectivity index (χ1n) is 8.73. The molecule has 3 rings (SSSR count). The third-order valence-electron chi connectivity index (χ3n) is 4.82. The van der Waals surface area contributed by atoms with Crippen molar-refractivity contribution in [3.8, 4) is 0 Å². The molecule has 0 fully saturated rings. The van der Waals surface area contributed by atoms with E-state index in [1.165, 1.54) is 35.5 Å². The predicted molar refractivity (Wildman–Crippen MR) is 104 cm³/mol. The van der Waals surface area contributed by atoms with Crippen molar-refractivity contribution in [3.05, 3.63) is 81.4 Å². The van der Waals surface area contributed by atoms with Crippen LogP contribution in [0.4, 0.5) is 5.69 Å². The molecule has 0 amide bonds. The van der Waals surface area contributed by atoms with Gasteiger partial charge in [0.1, 0.15) is 0 Å². The van der Waals surface area contributed by atoms with Crippen LogP contribution in [0.5, 0.6) is 0 Å². The van der Waals surface area contributed by atoms with Crippen molar-refractivity contribution in [1.82, 2.24) is 4.31 Å². The van der Waals surface area contributed by atoms with Crippen LogP contribution in [0.2, 0.25) is 0 Å². The van der Waals surface area contributed by atoms with Gasteiger partial charge in [0.2, 0.25) is 0 Å². The molecule has 2 aromatic carbocycles. The van der Waals surface area contributed by atoms with Gasteiger partial charge in [0.05, 0.1) is 11.0 Å². The molecule has 0 aromatic heterocycles. The molecule has 28 heavy (non-hydrogen) atoms. The number of carbonyl (C=O) groups excluding carboxylic acids is 1. The molecule has 0 N–H and O–H groups in total. The van der Waals surface area contributed by atoms with E-state index in [4.69, 9.17) is 0 Å². The molecule has 0 bridgehead atoms. The summed E-state index contributed by atoms with van der Waals surface area (Å²) in [5, 5.41) is 11.4. The first kappa shape index (κ1) is 19.9. The van der Waals surface area contributed by atoms with Crippen molar-refractivity contribution in [2.45, 2.75) is 31.2 Å². The number of nitro benzene ring substituents is 1. The summed E-state index contributed by atoms with van der Waals surface area (Å²) in [6, 6.07) is 12.2. The van der Waals surface area contributed by atoms with Crippen LogP contribution >= 0.6 is 0 Å². The number of hydrogen-bond acceptors (Lipinski definition) is 5. The highest BCUT2D eigenvalue weighted by Gasteiger charge is 2.38. The minimum Gasteiger partial charge on any atom is -0.295 e. The van der Waals surface area contributed by atoms with E-state index in [-0.39, 0.29) is 17.2 Å². The number of benzene rings is 2. The number of carbonyl (C=O) groups is 1. The molecule has 1 aliphatic rings. The summed E-state index contributed by atoms with van der Waals surface area (Å²) in [4.78, 5) is 22.2. The summed E-state index contributed by atoms with van der Waals surface area (Å²) in [5.41, 5.74) is 1.70. The van der Waals surface area contributed by atoms with Gasteiger partial charge in [0.15, 0.2) is 10.7 Å². The molecule has 1 aliphatic heterocycles. The van der Waals surface area contributed by atoms with Gasteiger partial charge in [-0.2, -0.15) is 4.31 Å². The molecular formula is C20H20N2O5S. The van der Waals surface area contributed by atoms with Crippen molar-refractivity contribution < 1.29 is 18.1 Å². The van der Waals surface area contributed by atoms with Crippen LogP contribution in [0.1, 0.15) is 30.5 Å². The number of ketones is 1. The molecule has 7 nitrogen and oxygen atoms in total. The lowest BCUT2D eigenvalue weighted by Gasteiger charge is -2.34. The van der Waals surface area contributed by atoms with E-state index in [0.29, 0.717) is 12.0 Å². The van der Waals surface area contributed by atoms with Crippen molar-refractivity contribution in [3.63, 3.8) is 0 Å². The minimum absolute atomic E-state index is 0.123. The van der Waals surface area contributed by atoms with Gasteiger partial charge in [0.25, 0.3) is 15.7 Å². The topological polar surface area (TPSA) is 97.6 Å². The largest absolute Gasteiger partial charge is 0.295 e. The van der Waals surface area contributed by atoms with Gasteiger partial charge in [-0.05, 0) is 31.9 Å². The van der Waals surface area contributed by atoms with Crippen LogP contribution in [-0.4, -0.2) is 30.0 Å². The van der Waals surface area contributed by atoms with Gasteiger partial charge in [-0.15, -0.1) is 0 Å². The Balaban J connectivity index is 2.13. The van der Waals surface area contributed by atoms with Gasteiger partial charge in [0, 0.05) is 18.2 Å². The summed E-state index contributed by atoms with van der Waals surface area (Å²) < 4.78 is 28.0. The molecule has 146 valence electrons. The van der Waals surface area contributed by atoms with E-state index in [1.54, 1.807) is 6.08 Å². The number of rotatable bonds is 5. The number of sulfonamides is 1. The third kappa shape index (κ3) is 3.74.